The second-order valence-corrected chi connectivity index (χ2v) is 5.02. The molecule has 4 heteroatoms. The molecule has 0 amide bonds. The summed E-state index contributed by atoms with van der Waals surface area (Å²) in [5.41, 5.74) is 1.49. The second-order valence-electron chi connectivity index (χ2n) is 5.02. The van der Waals surface area contributed by atoms with Crippen molar-refractivity contribution in [3.8, 4) is 0 Å². The smallest absolute Gasteiger partial charge is 0.126 e. The first kappa shape index (κ1) is 13.7. The van der Waals surface area contributed by atoms with Gasteiger partial charge in [0.05, 0.1) is 6.54 Å². The lowest BCUT2D eigenvalue weighted by Crippen LogP contribution is -2.27. The Balaban J connectivity index is 1.72. The number of nitrogens with zero attached hydrogens (tertiary/aromatic N) is 2. The van der Waals surface area contributed by atoms with E-state index in [2.05, 4.69) is 4.99 Å². The first-order valence-electron chi connectivity index (χ1n) is 7.04. The van der Waals surface area contributed by atoms with E-state index in [0.717, 1.165) is 18.1 Å². The van der Waals surface area contributed by atoms with Gasteiger partial charge in [0, 0.05) is 18.7 Å². The Morgan fingerprint density at radius 3 is 2.67 bits per heavy atom. The Labute approximate surface area is 122 Å². The zero-order chi connectivity index (χ0) is 14.7. The van der Waals surface area contributed by atoms with Gasteiger partial charge in [-0.25, -0.2) is 8.78 Å². The van der Waals surface area contributed by atoms with Crippen molar-refractivity contribution in [2.75, 3.05) is 18.0 Å². The van der Waals surface area contributed by atoms with Gasteiger partial charge >= 0.3 is 0 Å². The van der Waals surface area contributed by atoms with Crippen molar-refractivity contribution in [3.63, 3.8) is 0 Å². The Hall–Kier alpha value is -2.23. The fourth-order valence-corrected chi connectivity index (χ4v) is 2.58. The molecule has 1 heterocycles. The SMILES string of the molecule is Fc1cccc(N2CCN=C2CCc2ccccc2F)c1. The normalized spacial score (nSPS) is 14.4. The number of hydrogen-bond acceptors (Lipinski definition) is 2. The van der Waals surface area contributed by atoms with Crippen molar-refractivity contribution in [1.82, 2.24) is 0 Å². The van der Waals surface area contributed by atoms with Crippen LogP contribution in [0.15, 0.2) is 53.5 Å². The Morgan fingerprint density at radius 1 is 1.00 bits per heavy atom. The Kier molecular flexibility index (Phi) is 3.95. The van der Waals surface area contributed by atoms with Gasteiger partial charge in [-0.3, -0.25) is 4.99 Å². The molecule has 108 valence electrons. The number of aliphatic imine (C=N–C) groups is 1. The average molecular weight is 286 g/mol. The van der Waals surface area contributed by atoms with Gasteiger partial charge in [0.25, 0.3) is 0 Å². The van der Waals surface area contributed by atoms with Crippen LogP contribution in [0.2, 0.25) is 0 Å². The van der Waals surface area contributed by atoms with E-state index >= 15 is 0 Å². The van der Waals surface area contributed by atoms with Crippen molar-refractivity contribution in [1.29, 1.82) is 0 Å². The maximum absolute atomic E-state index is 13.6. The zero-order valence-corrected chi connectivity index (χ0v) is 11.6. The molecule has 0 saturated heterocycles. The first-order valence-corrected chi connectivity index (χ1v) is 7.04. The lowest BCUT2D eigenvalue weighted by molar-refractivity contribution is 0.610. The molecular formula is C17H16F2N2. The Bertz CT molecular complexity index is 667. The molecule has 0 fully saturated rings. The van der Waals surface area contributed by atoms with Crippen molar-refractivity contribution in [2.45, 2.75) is 12.8 Å². The number of rotatable bonds is 4. The fraction of sp³-hybridized carbons (Fsp3) is 0.235. The van der Waals surface area contributed by atoms with Crippen LogP contribution in [0.4, 0.5) is 14.5 Å². The molecule has 1 aliphatic rings. The van der Waals surface area contributed by atoms with Gasteiger partial charge in [0.1, 0.15) is 17.5 Å². The number of aryl methyl sites for hydroxylation is 1. The van der Waals surface area contributed by atoms with Crippen LogP contribution in [-0.4, -0.2) is 18.9 Å². The van der Waals surface area contributed by atoms with Gasteiger partial charge in [0.15, 0.2) is 0 Å². The van der Waals surface area contributed by atoms with E-state index in [4.69, 9.17) is 0 Å². The summed E-state index contributed by atoms with van der Waals surface area (Å²) >= 11 is 0. The zero-order valence-electron chi connectivity index (χ0n) is 11.6. The molecule has 2 aromatic carbocycles. The van der Waals surface area contributed by atoms with Gasteiger partial charge in [0.2, 0.25) is 0 Å². The van der Waals surface area contributed by atoms with Gasteiger partial charge < -0.3 is 4.90 Å². The largest absolute Gasteiger partial charge is 0.328 e. The van der Waals surface area contributed by atoms with Gasteiger partial charge in [-0.1, -0.05) is 24.3 Å². The van der Waals surface area contributed by atoms with E-state index in [-0.39, 0.29) is 11.6 Å². The average Bonchev–Trinajstić information content (AvgIpc) is 2.95. The third-order valence-corrected chi connectivity index (χ3v) is 3.63. The summed E-state index contributed by atoms with van der Waals surface area (Å²) in [6.45, 7) is 1.44. The molecule has 0 bridgehead atoms. The minimum atomic E-state index is -0.257. The summed E-state index contributed by atoms with van der Waals surface area (Å²) in [5, 5.41) is 0. The van der Waals surface area contributed by atoms with E-state index < -0.39 is 0 Å². The molecule has 0 radical (unpaired) electrons. The molecule has 1 aliphatic heterocycles. The summed E-state index contributed by atoms with van der Waals surface area (Å²) in [5.74, 6) is 0.449. The minimum Gasteiger partial charge on any atom is -0.328 e. The number of benzene rings is 2. The summed E-state index contributed by atoms with van der Waals surface area (Å²) in [6.07, 6.45) is 1.24. The van der Waals surface area contributed by atoms with Crippen molar-refractivity contribution >= 4 is 11.5 Å². The predicted molar refractivity (Wildman–Crippen MR) is 80.8 cm³/mol. The van der Waals surface area contributed by atoms with E-state index in [9.17, 15) is 8.78 Å². The highest BCUT2D eigenvalue weighted by Crippen LogP contribution is 2.21. The Morgan fingerprint density at radius 2 is 1.86 bits per heavy atom. The molecular weight excluding hydrogens is 270 g/mol. The molecule has 2 nitrogen and oxygen atoms in total. The maximum Gasteiger partial charge on any atom is 0.126 e. The monoisotopic (exact) mass is 286 g/mol. The van der Waals surface area contributed by atoms with Gasteiger partial charge in [-0.15, -0.1) is 0 Å². The molecule has 0 N–H and O–H groups in total. The highest BCUT2D eigenvalue weighted by Gasteiger charge is 2.19. The molecule has 3 rings (SSSR count). The third kappa shape index (κ3) is 3.10. The quantitative estimate of drug-likeness (QED) is 0.834. The summed E-state index contributed by atoms with van der Waals surface area (Å²) < 4.78 is 27.0. The molecule has 0 spiro atoms. The highest BCUT2D eigenvalue weighted by molar-refractivity contribution is 5.99. The maximum atomic E-state index is 13.6. The predicted octanol–water partition coefficient (Wildman–Crippen LogP) is 3.82. The van der Waals surface area contributed by atoms with Crippen molar-refractivity contribution < 1.29 is 8.78 Å². The second kappa shape index (κ2) is 6.04. The van der Waals surface area contributed by atoms with Gasteiger partial charge in [-0.2, -0.15) is 0 Å². The molecule has 0 aliphatic carbocycles. The van der Waals surface area contributed by atoms with Crippen LogP contribution in [0.25, 0.3) is 0 Å². The molecule has 0 saturated carbocycles. The van der Waals surface area contributed by atoms with E-state index in [1.807, 2.05) is 17.0 Å². The lowest BCUT2D eigenvalue weighted by Gasteiger charge is -2.20. The minimum absolute atomic E-state index is 0.187. The van der Waals surface area contributed by atoms with E-state index in [0.29, 0.717) is 24.9 Å². The van der Waals surface area contributed by atoms with Crippen LogP contribution in [0.1, 0.15) is 12.0 Å². The van der Waals surface area contributed by atoms with Crippen LogP contribution >= 0.6 is 0 Å². The van der Waals surface area contributed by atoms with E-state index in [1.165, 1.54) is 18.2 Å². The standard InChI is InChI=1S/C17H16F2N2/c18-14-5-3-6-15(12-14)21-11-10-20-17(21)9-8-13-4-1-2-7-16(13)19/h1-7,12H,8-11H2. The van der Waals surface area contributed by atoms with Crippen LogP contribution in [-0.2, 0) is 6.42 Å². The van der Waals surface area contributed by atoms with Crippen LogP contribution in [0.3, 0.4) is 0 Å². The van der Waals surface area contributed by atoms with Crippen molar-refractivity contribution in [3.05, 3.63) is 65.7 Å². The molecule has 0 unspecified atom stereocenters. The van der Waals surface area contributed by atoms with E-state index in [1.54, 1.807) is 18.2 Å². The van der Waals surface area contributed by atoms with Crippen LogP contribution < -0.4 is 4.90 Å². The molecule has 21 heavy (non-hydrogen) atoms. The number of anilines is 1. The van der Waals surface area contributed by atoms with Crippen molar-refractivity contribution in [2.24, 2.45) is 4.99 Å². The molecule has 2 aromatic rings. The number of hydrogen-bond donors (Lipinski definition) is 0. The molecule has 0 atom stereocenters. The number of halogens is 2. The fourth-order valence-electron chi connectivity index (χ4n) is 2.58. The van der Waals surface area contributed by atoms with Crippen LogP contribution in [0.5, 0.6) is 0 Å². The molecule has 0 aromatic heterocycles. The summed E-state index contributed by atoms with van der Waals surface area (Å²) in [6, 6.07) is 13.3. The summed E-state index contributed by atoms with van der Waals surface area (Å²) in [7, 11) is 0. The third-order valence-electron chi connectivity index (χ3n) is 3.63. The van der Waals surface area contributed by atoms with Gasteiger partial charge in [-0.05, 0) is 36.2 Å². The highest BCUT2D eigenvalue weighted by atomic mass is 19.1. The lowest BCUT2D eigenvalue weighted by atomic mass is 10.1. The van der Waals surface area contributed by atoms with Crippen LogP contribution in [0, 0.1) is 11.6 Å². The summed E-state index contributed by atoms with van der Waals surface area (Å²) in [4.78, 5) is 6.47. The topological polar surface area (TPSA) is 15.6 Å². The number of amidine groups is 1. The first-order chi connectivity index (χ1) is 10.2.